The second-order valence-corrected chi connectivity index (χ2v) is 11.8. The maximum absolute atomic E-state index is 12.8. The van der Waals surface area contributed by atoms with E-state index >= 15 is 0 Å². The van der Waals surface area contributed by atoms with Gasteiger partial charge in [-0.15, -0.1) is 0 Å². The second-order valence-electron chi connectivity index (χ2n) is 9.36. The number of carbonyl (C=O) groups is 1. The third-order valence-corrected chi connectivity index (χ3v) is 8.61. The third kappa shape index (κ3) is 4.73. The molecule has 0 atom stereocenters. The summed E-state index contributed by atoms with van der Waals surface area (Å²) in [5.41, 5.74) is 2.62. The summed E-state index contributed by atoms with van der Waals surface area (Å²) in [6.45, 7) is 7.19. The Bertz CT molecular complexity index is 1380. The average molecular weight is 495 g/mol. The lowest BCUT2D eigenvalue weighted by molar-refractivity contribution is -0.124. The van der Waals surface area contributed by atoms with Crippen LogP contribution in [0.25, 0.3) is 0 Å². The van der Waals surface area contributed by atoms with E-state index in [4.69, 9.17) is 4.74 Å². The molecule has 1 aromatic heterocycles. The van der Waals surface area contributed by atoms with Crippen molar-refractivity contribution in [2.75, 3.05) is 17.7 Å². The molecule has 9 heteroatoms. The number of ether oxygens (including phenoxy) is 1. The highest BCUT2D eigenvalue weighted by atomic mass is 32.2. The van der Waals surface area contributed by atoms with E-state index in [1.165, 1.54) is 0 Å². The van der Waals surface area contributed by atoms with Crippen molar-refractivity contribution in [2.45, 2.75) is 56.1 Å². The summed E-state index contributed by atoms with van der Waals surface area (Å²) in [5, 5.41) is 5.77. The number of hydrogen-bond donors (Lipinski definition) is 2. The SMILES string of the molecule is COc1cc2c(cc1Nc1nccc(Nc3ccccc3S(=O)(=O)C(C)C)n1)CCC(=O)C2(C)C. The van der Waals surface area contributed by atoms with Crippen molar-refractivity contribution >= 4 is 38.8 Å². The number of benzene rings is 2. The molecule has 184 valence electrons. The third-order valence-electron chi connectivity index (χ3n) is 6.40. The van der Waals surface area contributed by atoms with E-state index in [0.29, 0.717) is 41.7 Å². The summed E-state index contributed by atoms with van der Waals surface area (Å²) in [6.07, 6.45) is 2.75. The highest BCUT2D eigenvalue weighted by molar-refractivity contribution is 7.92. The van der Waals surface area contributed by atoms with Gasteiger partial charge < -0.3 is 15.4 Å². The van der Waals surface area contributed by atoms with Crippen LogP contribution in [0.2, 0.25) is 0 Å². The Hall–Kier alpha value is -3.46. The largest absolute Gasteiger partial charge is 0.495 e. The van der Waals surface area contributed by atoms with Crippen molar-refractivity contribution < 1.29 is 17.9 Å². The van der Waals surface area contributed by atoms with E-state index in [2.05, 4.69) is 20.6 Å². The van der Waals surface area contributed by atoms with Crippen LogP contribution in [0.3, 0.4) is 0 Å². The summed E-state index contributed by atoms with van der Waals surface area (Å²) in [5.74, 6) is 1.57. The van der Waals surface area contributed by atoms with Crippen LogP contribution >= 0.6 is 0 Å². The van der Waals surface area contributed by atoms with Crippen LogP contribution in [-0.2, 0) is 26.5 Å². The Morgan fingerprint density at radius 1 is 1.03 bits per heavy atom. The van der Waals surface area contributed by atoms with Gasteiger partial charge in [0, 0.05) is 18.0 Å². The molecule has 1 aliphatic rings. The highest BCUT2D eigenvalue weighted by Crippen LogP contribution is 2.40. The first-order valence-corrected chi connectivity index (χ1v) is 13.0. The van der Waals surface area contributed by atoms with Crippen molar-refractivity contribution in [1.82, 2.24) is 9.97 Å². The second kappa shape index (κ2) is 9.30. The van der Waals surface area contributed by atoms with Crippen LogP contribution in [0.4, 0.5) is 23.1 Å². The minimum absolute atomic E-state index is 0.217. The number of aromatic nitrogens is 2. The van der Waals surface area contributed by atoms with Crippen LogP contribution in [0.5, 0.6) is 5.75 Å². The van der Waals surface area contributed by atoms with Crippen molar-refractivity contribution in [3.8, 4) is 5.75 Å². The molecule has 0 saturated heterocycles. The Morgan fingerprint density at radius 2 is 1.77 bits per heavy atom. The molecule has 0 spiro atoms. The number of ketones is 1. The van der Waals surface area contributed by atoms with E-state index in [-0.39, 0.29) is 10.7 Å². The lowest BCUT2D eigenvalue weighted by Crippen LogP contribution is -2.34. The molecule has 3 aromatic rings. The van der Waals surface area contributed by atoms with Gasteiger partial charge in [-0.25, -0.2) is 13.4 Å². The van der Waals surface area contributed by atoms with Gasteiger partial charge in [0.05, 0.1) is 28.6 Å². The van der Waals surface area contributed by atoms with Crippen molar-refractivity contribution in [3.63, 3.8) is 0 Å². The Labute approximate surface area is 206 Å². The summed E-state index contributed by atoms with van der Waals surface area (Å²) >= 11 is 0. The fraction of sp³-hybridized carbons (Fsp3) is 0.346. The van der Waals surface area contributed by atoms with Crippen LogP contribution in [0.1, 0.15) is 45.2 Å². The Morgan fingerprint density at radius 3 is 2.49 bits per heavy atom. The zero-order valence-corrected chi connectivity index (χ0v) is 21.4. The van der Waals surface area contributed by atoms with Gasteiger partial charge in [0.1, 0.15) is 17.4 Å². The first kappa shape index (κ1) is 24.7. The monoisotopic (exact) mass is 494 g/mol. The normalized spacial score (nSPS) is 15.0. The van der Waals surface area contributed by atoms with E-state index < -0.39 is 20.5 Å². The van der Waals surface area contributed by atoms with E-state index in [1.807, 2.05) is 26.0 Å². The number of Topliss-reactive ketones (excluding diaryl/α,β-unsaturated/α-hetero) is 1. The van der Waals surface area contributed by atoms with Gasteiger partial charge in [-0.2, -0.15) is 4.98 Å². The maximum Gasteiger partial charge on any atom is 0.229 e. The molecule has 1 aliphatic carbocycles. The molecule has 2 N–H and O–H groups in total. The molecule has 0 unspecified atom stereocenters. The maximum atomic E-state index is 12.8. The minimum Gasteiger partial charge on any atom is -0.495 e. The van der Waals surface area contributed by atoms with Gasteiger partial charge in [-0.1, -0.05) is 12.1 Å². The predicted molar refractivity (Wildman–Crippen MR) is 137 cm³/mol. The standard InChI is InChI=1S/C26H30N4O4S/c1-16(2)35(32,33)22-9-7-6-8-19(22)28-24-12-13-27-25(30-24)29-20-14-17-10-11-23(31)26(3,4)18(17)15-21(20)34-5/h6-9,12-16H,10-11H2,1-5H3,(H2,27,28,29,30). The lowest BCUT2D eigenvalue weighted by Gasteiger charge is -2.32. The number of carbonyl (C=O) groups excluding carboxylic acids is 1. The topological polar surface area (TPSA) is 110 Å². The first-order chi connectivity index (χ1) is 16.5. The molecule has 0 bridgehead atoms. The van der Waals surface area contributed by atoms with E-state index in [1.54, 1.807) is 57.5 Å². The number of para-hydroxylation sites is 1. The van der Waals surface area contributed by atoms with Gasteiger partial charge in [0.2, 0.25) is 5.95 Å². The molecule has 2 aromatic carbocycles. The number of aryl methyl sites for hydroxylation is 1. The lowest BCUT2D eigenvalue weighted by atomic mass is 9.71. The number of hydrogen-bond acceptors (Lipinski definition) is 8. The quantitative estimate of drug-likeness (QED) is 0.475. The number of methoxy groups -OCH3 is 1. The summed E-state index contributed by atoms with van der Waals surface area (Å²) in [4.78, 5) is 21.5. The smallest absolute Gasteiger partial charge is 0.229 e. The fourth-order valence-corrected chi connectivity index (χ4v) is 5.41. The molecule has 0 aliphatic heterocycles. The number of nitrogens with one attached hydrogen (secondary N) is 2. The Kier molecular flexibility index (Phi) is 6.55. The number of fused-ring (bicyclic) bond motifs is 1. The molecule has 0 fully saturated rings. The van der Waals surface area contributed by atoms with Crippen molar-refractivity contribution in [1.29, 1.82) is 0 Å². The first-order valence-electron chi connectivity index (χ1n) is 11.5. The van der Waals surface area contributed by atoms with Crippen molar-refractivity contribution in [3.05, 3.63) is 59.8 Å². The molecule has 4 rings (SSSR count). The van der Waals surface area contributed by atoms with Crippen molar-refractivity contribution in [2.24, 2.45) is 0 Å². The van der Waals surface area contributed by atoms with Crippen LogP contribution in [0, 0.1) is 0 Å². The fourth-order valence-electron chi connectivity index (χ4n) is 4.21. The number of rotatable bonds is 7. The minimum atomic E-state index is -3.48. The molecule has 1 heterocycles. The summed E-state index contributed by atoms with van der Waals surface area (Å²) in [6, 6.07) is 12.3. The van der Waals surface area contributed by atoms with Gasteiger partial charge in [0.25, 0.3) is 0 Å². The zero-order valence-electron chi connectivity index (χ0n) is 20.5. The zero-order chi connectivity index (χ0) is 25.4. The number of anilines is 4. The molecule has 0 amide bonds. The van der Waals surface area contributed by atoms with Crippen LogP contribution in [-0.4, -0.2) is 36.5 Å². The molecular weight excluding hydrogens is 464 g/mol. The Balaban J connectivity index is 1.64. The highest BCUT2D eigenvalue weighted by Gasteiger charge is 2.36. The molecule has 0 radical (unpaired) electrons. The van der Waals surface area contributed by atoms with Crippen LogP contribution < -0.4 is 15.4 Å². The molecule has 35 heavy (non-hydrogen) atoms. The van der Waals surface area contributed by atoms with Crippen LogP contribution in [0.15, 0.2) is 53.6 Å². The number of nitrogens with zero attached hydrogens (tertiary/aromatic N) is 2. The molecule has 0 saturated carbocycles. The molecular formula is C26H30N4O4S. The average Bonchev–Trinajstić information content (AvgIpc) is 2.82. The van der Waals surface area contributed by atoms with Gasteiger partial charge in [-0.3, -0.25) is 4.79 Å². The molecule has 8 nitrogen and oxygen atoms in total. The van der Waals surface area contributed by atoms with Gasteiger partial charge in [-0.05, 0) is 75.6 Å². The van der Waals surface area contributed by atoms with E-state index in [9.17, 15) is 13.2 Å². The summed E-state index contributed by atoms with van der Waals surface area (Å²) < 4.78 is 31.2. The summed E-state index contributed by atoms with van der Waals surface area (Å²) in [7, 11) is -1.90. The van der Waals surface area contributed by atoms with Gasteiger partial charge >= 0.3 is 0 Å². The van der Waals surface area contributed by atoms with Gasteiger partial charge in [0.15, 0.2) is 9.84 Å². The van der Waals surface area contributed by atoms with E-state index in [0.717, 1.165) is 11.1 Å². The predicted octanol–water partition coefficient (Wildman–Crippen LogP) is 4.95. The number of sulfone groups is 1.